The van der Waals surface area contributed by atoms with Gasteiger partial charge in [0.15, 0.2) is 23.8 Å². The van der Waals surface area contributed by atoms with Crippen LogP contribution >= 0.6 is 0 Å². The number of aromatic nitrogens is 4. The minimum absolute atomic E-state index is 0.153. The lowest BCUT2D eigenvalue weighted by atomic mass is 10.1. The van der Waals surface area contributed by atoms with Crippen molar-refractivity contribution in [3.8, 4) is 11.8 Å². The average Bonchev–Trinajstić information content (AvgIpc) is 3.27. The third-order valence-electron chi connectivity index (χ3n) is 4.90. The number of nitrogens with zero attached hydrogens (tertiary/aromatic N) is 4. The highest BCUT2D eigenvalue weighted by Gasteiger charge is 2.47. The maximum Gasteiger partial charge on any atom is 0.252 e. The molecule has 162 valence electrons. The van der Waals surface area contributed by atoms with Gasteiger partial charge >= 0.3 is 0 Å². The van der Waals surface area contributed by atoms with Crippen molar-refractivity contribution >= 4 is 22.9 Å². The lowest BCUT2D eigenvalue weighted by Crippen LogP contribution is -2.43. The Bertz CT molecular complexity index is 950. The zero-order valence-corrected chi connectivity index (χ0v) is 17.2. The van der Waals surface area contributed by atoms with Crippen molar-refractivity contribution < 1.29 is 19.7 Å². The Morgan fingerprint density at radius 2 is 2.03 bits per heavy atom. The van der Waals surface area contributed by atoms with E-state index in [1.807, 2.05) is 6.92 Å². The first-order chi connectivity index (χ1) is 14.5. The minimum Gasteiger partial charge on any atom is -0.387 e. The number of hydrogen-bond acceptors (Lipinski definition) is 8. The van der Waals surface area contributed by atoms with Crippen LogP contribution < -0.4 is 11.1 Å². The molecule has 10 heteroatoms. The van der Waals surface area contributed by atoms with Gasteiger partial charge in [-0.15, -0.1) is 0 Å². The highest BCUT2D eigenvalue weighted by Crippen LogP contribution is 2.32. The molecule has 2 aromatic rings. The largest absolute Gasteiger partial charge is 0.387 e. The second kappa shape index (κ2) is 9.84. The summed E-state index contributed by atoms with van der Waals surface area (Å²) in [5.74, 6) is 5.81. The fraction of sp³-hybridized carbons (Fsp3) is 0.600. The van der Waals surface area contributed by atoms with Gasteiger partial charge in [0, 0.05) is 13.0 Å². The van der Waals surface area contributed by atoms with Gasteiger partial charge in [0.1, 0.15) is 17.7 Å². The SMILES string of the molecule is CCCCC#Cc1nc(N)c2ncn([C@@H]3O[C@H](C(=O)NCCCC)[C@@H](O)[C@H]3O)c2n1. The molecule has 0 bridgehead atoms. The number of anilines is 1. The minimum atomic E-state index is -1.39. The normalized spacial score (nSPS) is 23.3. The Balaban J connectivity index is 1.85. The molecule has 1 amide bonds. The number of amides is 1. The second-order valence-corrected chi connectivity index (χ2v) is 7.23. The van der Waals surface area contributed by atoms with Crippen LogP contribution in [0.15, 0.2) is 6.33 Å². The predicted molar refractivity (Wildman–Crippen MR) is 110 cm³/mol. The van der Waals surface area contributed by atoms with Crippen LogP contribution in [0.5, 0.6) is 0 Å². The molecule has 3 heterocycles. The van der Waals surface area contributed by atoms with Crippen LogP contribution in [0.1, 0.15) is 58.0 Å². The van der Waals surface area contributed by atoms with Crippen LogP contribution in [-0.4, -0.2) is 60.5 Å². The number of carbonyl (C=O) groups is 1. The van der Waals surface area contributed by atoms with E-state index >= 15 is 0 Å². The molecule has 1 aliphatic heterocycles. The van der Waals surface area contributed by atoms with E-state index in [0.717, 1.165) is 32.1 Å². The zero-order chi connectivity index (χ0) is 21.7. The van der Waals surface area contributed by atoms with Crippen LogP contribution in [0, 0.1) is 11.8 Å². The van der Waals surface area contributed by atoms with Gasteiger partial charge in [0.2, 0.25) is 5.82 Å². The summed E-state index contributed by atoms with van der Waals surface area (Å²) in [6.45, 7) is 4.56. The number of fused-ring (bicyclic) bond motifs is 1. The fourth-order valence-corrected chi connectivity index (χ4v) is 3.18. The molecule has 1 aliphatic rings. The summed E-state index contributed by atoms with van der Waals surface area (Å²) in [5.41, 5.74) is 6.63. The van der Waals surface area contributed by atoms with Gasteiger partial charge in [-0.3, -0.25) is 9.36 Å². The summed E-state index contributed by atoms with van der Waals surface area (Å²) >= 11 is 0. The van der Waals surface area contributed by atoms with Crippen LogP contribution in [0.2, 0.25) is 0 Å². The van der Waals surface area contributed by atoms with Crippen molar-refractivity contribution in [3.63, 3.8) is 0 Å². The first-order valence-electron chi connectivity index (χ1n) is 10.3. The maximum atomic E-state index is 12.3. The fourth-order valence-electron chi connectivity index (χ4n) is 3.18. The third-order valence-corrected chi connectivity index (χ3v) is 4.90. The van der Waals surface area contributed by atoms with Crippen molar-refractivity contribution in [2.45, 2.75) is 70.5 Å². The molecule has 0 aromatic carbocycles. The molecule has 2 aromatic heterocycles. The van der Waals surface area contributed by atoms with Crippen molar-refractivity contribution in [3.05, 3.63) is 12.2 Å². The van der Waals surface area contributed by atoms with Gasteiger partial charge in [-0.2, -0.15) is 0 Å². The molecule has 0 unspecified atom stereocenters. The highest BCUT2D eigenvalue weighted by atomic mass is 16.6. The van der Waals surface area contributed by atoms with Gasteiger partial charge in [-0.05, 0) is 18.8 Å². The van der Waals surface area contributed by atoms with Gasteiger partial charge < -0.3 is 26.0 Å². The molecule has 4 atom stereocenters. The average molecular weight is 416 g/mol. The first-order valence-corrected chi connectivity index (χ1v) is 10.3. The number of aliphatic hydroxyl groups is 2. The Labute approximate surface area is 174 Å². The maximum absolute atomic E-state index is 12.3. The monoisotopic (exact) mass is 416 g/mol. The molecular weight excluding hydrogens is 388 g/mol. The molecule has 10 nitrogen and oxygen atoms in total. The Morgan fingerprint density at radius 3 is 2.77 bits per heavy atom. The van der Waals surface area contributed by atoms with E-state index in [9.17, 15) is 15.0 Å². The van der Waals surface area contributed by atoms with E-state index in [1.54, 1.807) is 0 Å². The topological polar surface area (TPSA) is 148 Å². The lowest BCUT2D eigenvalue weighted by Gasteiger charge is -2.16. The van der Waals surface area contributed by atoms with Crippen LogP contribution in [-0.2, 0) is 9.53 Å². The van der Waals surface area contributed by atoms with E-state index in [-0.39, 0.29) is 11.6 Å². The van der Waals surface area contributed by atoms with Crippen molar-refractivity contribution in [1.29, 1.82) is 0 Å². The quantitative estimate of drug-likeness (QED) is 0.376. The van der Waals surface area contributed by atoms with Gasteiger partial charge in [0.05, 0.1) is 6.33 Å². The zero-order valence-electron chi connectivity index (χ0n) is 17.2. The number of imidazole rings is 1. The summed E-state index contributed by atoms with van der Waals surface area (Å²) in [4.78, 5) is 25.1. The Morgan fingerprint density at radius 1 is 1.27 bits per heavy atom. The lowest BCUT2D eigenvalue weighted by molar-refractivity contribution is -0.137. The number of unbranched alkanes of at least 4 members (excludes halogenated alkanes) is 3. The second-order valence-electron chi connectivity index (χ2n) is 7.23. The molecule has 1 saturated heterocycles. The molecule has 3 rings (SSSR count). The van der Waals surface area contributed by atoms with Crippen LogP contribution in [0.25, 0.3) is 11.2 Å². The third kappa shape index (κ3) is 4.53. The molecule has 0 aliphatic carbocycles. The standard InChI is InChI=1S/C20H28N6O4/c1-3-5-7-8-9-12-24-17(21)13-18(25-12)26(11-23-13)20-15(28)14(27)16(30-20)19(29)22-10-6-4-2/h11,14-16,20,27-28H,3-7,10H2,1-2H3,(H,22,29)(H2,21,24,25)/t14-,15+,16-,20+/m0/s1. The van der Waals surface area contributed by atoms with Crippen molar-refractivity contribution in [1.82, 2.24) is 24.8 Å². The number of hydrogen-bond donors (Lipinski definition) is 4. The number of nitrogens with one attached hydrogen (secondary N) is 1. The summed E-state index contributed by atoms with van der Waals surface area (Å²) in [6, 6.07) is 0. The number of aliphatic hydroxyl groups excluding tert-OH is 2. The molecule has 0 spiro atoms. The Kier molecular flexibility index (Phi) is 7.20. The number of ether oxygens (including phenoxy) is 1. The van der Waals surface area contributed by atoms with E-state index < -0.39 is 30.4 Å². The van der Waals surface area contributed by atoms with Gasteiger partial charge in [-0.25, -0.2) is 15.0 Å². The number of nitrogens with two attached hydrogens (primary N) is 1. The molecule has 0 saturated carbocycles. The predicted octanol–water partition coefficient (Wildman–Crippen LogP) is 0.486. The Hall–Kier alpha value is -2.74. The van der Waals surface area contributed by atoms with E-state index in [0.29, 0.717) is 17.7 Å². The summed E-state index contributed by atoms with van der Waals surface area (Å²) in [7, 11) is 0. The van der Waals surface area contributed by atoms with E-state index in [1.165, 1.54) is 10.9 Å². The van der Waals surface area contributed by atoms with Crippen LogP contribution in [0.4, 0.5) is 5.82 Å². The molecule has 5 N–H and O–H groups in total. The molecule has 30 heavy (non-hydrogen) atoms. The van der Waals surface area contributed by atoms with Crippen molar-refractivity contribution in [2.75, 3.05) is 12.3 Å². The first kappa shape index (κ1) is 22.0. The summed E-state index contributed by atoms with van der Waals surface area (Å²) < 4.78 is 7.14. The van der Waals surface area contributed by atoms with Gasteiger partial charge in [-0.1, -0.05) is 32.6 Å². The summed E-state index contributed by atoms with van der Waals surface area (Å²) in [5, 5.41) is 23.6. The van der Waals surface area contributed by atoms with Crippen LogP contribution in [0.3, 0.4) is 0 Å². The van der Waals surface area contributed by atoms with E-state index in [2.05, 4.69) is 39.0 Å². The number of rotatable bonds is 7. The highest BCUT2D eigenvalue weighted by molar-refractivity contribution is 5.83. The van der Waals surface area contributed by atoms with Gasteiger partial charge in [0.25, 0.3) is 5.91 Å². The molecule has 1 fully saturated rings. The number of nitrogen functional groups attached to an aromatic ring is 1. The van der Waals surface area contributed by atoms with E-state index in [4.69, 9.17) is 10.5 Å². The van der Waals surface area contributed by atoms with Crippen molar-refractivity contribution in [2.24, 2.45) is 0 Å². The molecule has 0 radical (unpaired) electrons. The summed E-state index contributed by atoms with van der Waals surface area (Å²) in [6.07, 6.45) is 0.872. The smallest absolute Gasteiger partial charge is 0.252 e. The number of carbonyl (C=O) groups excluding carboxylic acids is 1. The molecular formula is C20H28N6O4.